The molecule has 1 N–H and O–H groups in total. The molecule has 7 heteroatoms. The minimum Gasteiger partial charge on any atom is -0.377 e. The van der Waals surface area contributed by atoms with Crippen molar-refractivity contribution in [3.8, 4) is 10.4 Å². The van der Waals surface area contributed by atoms with Gasteiger partial charge in [-0.3, -0.25) is 4.90 Å². The molecule has 0 spiro atoms. The van der Waals surface area contributed by atoms with Crippen molar-refractivity contribution in [2.45, 2.75) is 26.9 Å². The minimum atomic E-state index is -0.0953. The maximum Gasteiger partial charge on any atom is 0.323 e. The predicted octanol–water partition coefficient (Wildman–Crippen LogP) is 4.17. The van der Waals surface area contributed by atoms with E-state index in [0.717, 1.165) is 21.9 Å². The number of urea groups is 1. The predicted molar refractivity (Wildman–Crippen MR) is 115 cm³/mol. The van der Waals surface area contributed by atoms with Crippen molar-refractivity contribution in [2.75, 3.05) is 24.6 Å². The number of anilines is 1. The number of hydrogen-bond donors (Lipinski definition) is 1. The summed E-state index contributed by atoms with van der Waals surface area (Å²) in [6.07, 6.45) is 4.45. The van der Waals surface area contributed by atoms with Crippen molar-refractivity contribution in [1.29, 1.82) is 0 Å². The number of nitrogens with one attached hydrogen (secondary N) is 1. The van der Waals surface area contributed by atoms with Gasteiger partial charge in [0.25, 0.3) is 0 Å². The van der Waals surface area contributed by atoms with Crippen molar-refractivity contribution in [3.05, 3.63) is 64.4 Å². The van der Waals surface area contributed by atoms with Crippen LogP contribution in [0, 0.1) is 6.92 Å². The summed E-state index contributed by atoms with van der Waals surface area (Å²) in [5, 5.41) is 3.87. The van der Waals surface area contributed by atoms with Crippen molar-refractivity contribution >= 4 is 23.2 Å². The highest BCUT2D eigenvalue weighted by Gasteiger charge is 2.22. The largest absolute Gasteiger partial charge is 0.377 e. The Kier molecular flexibility index (Phi) is 5.87. The summed E-state index contributed by atoms with van der Waals surface area (Å²) in [6, 6.07) is 10.3. The normalized spacial score (nSPS) is 13.7. The molecule has 29 heavy (non-hydrogen) atoms. The number of aryl methyl sites for hydroxylation is 1. The number of benzene rings is 1. The molecule has 0 aliphatic carbocycles. The average Bonchev–Trinajstić information content (AvgIpc) is 3.38. The van der Waals surface area contributed by atoms with Gasteiger partial charge in [-0.1, -0.05) is 18.2 Å². The van der Waals surface area contributed by atoms with Gasteiger partial charge in [0.05, 0.1) is 16.5 Å². The Balaban J connectivity index is 1.53. The summed E-state index contributed by atoms with van der Waals surface area (Å²) in [5.41, 5.74) is 4.74. The molecule has 0 unspecified atom stereocenters. The minimum absolute atomic E-state index is 0.0953. The zero-order valence-corrected chi connectivity index (χ0v) is 17.5. The van der Waals surface area contributed by atoms with Gasteiger partial charge in [0.1, 0.15) is 5.82 Å². The van der Waals surface area contributed by atoms with Crippen LogP contribution in [0.5, 0.6) is 0 Å². The number of rotatable bonds is 7. The summed E-state index contributed by atoms with van der Waals surface area (Å²) in [4.78, 5) is 23.6. The molecular formula is C22H24N4O2S. The lowest BCUT2D eigenvalue weighted by atomic mass is 10.0. The van der Waals surface area contributed by atoms with E-state index < -0.39 is 0 Å². The summed E-state index contributed by atoms with van der Waals surface area (Å²) in [5.74, 6) is 0.673. The van der Waals surface area contributed by atoms with Crippen LogP contribution in [0.4, 0.5) is 10.6 Å². The topological polar surface area (TPSA) is 67.4 Å². The Morgan fingerprint density at radius 3 is 2.93 bits per heavy atom. The summed E-state index contributed by atoms with van der Waals surface area (Å²) in [6.45, 7) is 6.78. The number of carbonyl (C=O) groups excluding carboxylic acids is 1. The number of nitrogens with zero attached hydrogens (tertiary/aromatic N) is 3. The number of carbonyl (C=O) groups is 1. The van der Waals surface area contributed by atoms with Gasteiger partial charge < -0.3 is 10.1 Å². The fourth-order valence-electron chi connectivity index (χ4n) is 3.32. The third-order valence-electron chi connectivity index (χ3n) is 4.94. The van der Waals surface area contributed by atoms with Gasteiger partial charge in [0.15, 0.2) is 0 Å². The standard InChI is InChI=1S/C22H24N4O2S/c1-3-28-14-16-5-4-15(2)18(10-16)12-21-25-13-19(29-21)17-6-7-23-20(11-17)26-9-8-24-22(26)27/h4-7,10-11,13H,3,8-9,12,14H2,1-2H3,(H,24,27). The average molecular weight is 409 g/mol. The van der Waals surface area contributed by atoms with Crippen LogP contribution in [-0.4, -0.2) is 35.7 Å². The van der Waals surface area contributed by atoms with Gasteiger partial charge in [0, 0.05) is 38.5 Å². The zero-order chi connectivity index (χ0) is 20.2. The molecule has 3 aromatic rings. The maximum absolute atomic E-state index is 11.9. The number of pyridine rings is 1. The smallest absolute Gasteiger partial charge is 0.323 e. The van der Waals surface area contributed by atoms with Gasteiger partial charge >= 0.3 is 6.03 Å². The second-order valence-electron chi connectivity index (χ2n) is 6.98. The number of ether oxygens (including phenoxy) is 1. The van der Waals surface area contributed by atoms with Crippen LogP contribution >= 0.6 is 11.3 Å². The van der Waals surface area contributed by atoms with E-state index in [-0.39, 0.29) is 6.03 Å². The first-order chi connectivity index (χ1) is 14.1. The number of amides is 2. The summed E-state index contributed by atoms with van der Waals surface area (Å²) >= 11 is 1.68. The molecule has 1 aliphatic rings. The third-order valence-corrected chi connectivity index (χ3v) is 5.99. The Labute approximate surface area is 174 Å². The highest BCUT2D eigenvalue weighted by molar-refractivity contribution is 7.15. The molecule has 0 atom stereocenters. The molecule has 0 radical (unpaired) electrons. The lowest BCUT2D eigenvalue weighted by Gasteiger charge is -2.13. The van der Waals surface area contributed by atoms with Gasteiger partial charge in [0.2, 0.25) is 0 Å². The van der Waals surface area contributed by atoms with Gasteiger partial charge in [-0.25, -0.2) is 14.8 Å². The molecule has 2 aromatic heterocycles. The Bertz CT molecular complexity index is 1020. The molecular weight excluding hydrogens is 384 g/mol. The fourth-order valence-corrected chi connectivity index (χ4v) is 4.26. The molecule has 2 amide bonds. The van der Waals surface area contributed by atoms with Crippen LogP contribution in [0.1, 0.15) is 28.6 Å². The van der Waals surface area contributed by atoms with E-state index in [2.05, 4.69) is 40.4 Å². The molecule has 1 aromatic carbocycles. The first kappa shape index (κ1) is 19.5. The van der Waals surface area contributed by atoms with E-state index in [1.165, 1.54) is 16.7 Å². The SMILES string of the molecule is CCOCc1ccc(C)c(Cc2ncc(-c3ccnc(N4CCNC4=O)c3)s2)c1. The van der Waals surface area contributed by atoms with Crippen molar-refractivity contribution in [1.82, 2.24) is 15.3 Å². The van der Waals surface area contributed by atoms with Gasteiger partial charge in [-0.05, 0) is 48.2 Å². The van der Waals surface area contributed by atoms with Crippen LogP contribution in [0.3, 0.4) is 0 Å². The fraction of sp³-hybridized carbons (Fsp3) is 0.318. The Morgan fingerprint density at radius 2 is 2.14 bits per heavy atom. The second kappa shape index (κ2) is 8.71. The van der Waals surface area contributed by atoms with Crippen molar-refractivity contribution in [2.24, 2.45) is 0 Å². The van der Waals surface area contributed by atoms with Gasteiger partial charge in [-0.15, -0.1) is 11.3 Å². The highest BCUT2D eigenvalue weighted by Crippen LogP contribution is 2.30. The van der Waals surface area contributed by atoms with Gasteiger partial charge in [-0.2, -0.15) is 0 Å². The lowest BCUT2D eigenvalue weighted by Crippen LogP contribution is -2.28. The van der Waals surface area contributed by atoms with Crippen LogP contribution in [-0.2, 0) is 17.8 Å². The van der Waals surface area contributed by atoms with E-state index in [1.54, 1.807) is 22.4 Å². The first-order valence-electron chi connectivity index (χ1n) is 9.76. The van der Waals surface area contributed by atoms with E-state index >= 15 is 0 Å². The van der Waals surface area contributed by atoms with Crippen molar-refractivity contribution in [3.63, 3.8) is 0 Å². The highest BCUT2D eigenvalue weighted by atomic mass is 32.1. The molecule has 150 valence electrons. The quantitative estimate of drug-likeness (QED) is 0.637. The molecule has 1 saturated heterocycles. The van der Waals surface area contributed by atoms with E-state index in [9.17, 15) is 4.79 Å². The molecule has 3 heterocycles. The van der Waals surface area contributed by atoms with Crippen molar-refractivity contribution < 1.29 is 9.53 Å². The van der Waals surface area contributed by atoms with Crippen LogP contribution < -0.4 is 10.2 Å². The van der Waals surface area contributed by atoms with Crippen LogP contribution in [0.2, 0.25) is 0 Å². The Hall–Kier alpha value is -2.77. The monoisotopic (exact) mass is 408 g/mol. The van der Waals surface area contributed by atoms with E-state index in [0.29, 0.717) is 32.1 Å². The van der Waals surface area contributed by atoms with E-state index in [1.807, 2.05) is 25.3 Å². The molecule has 0 saturated carbocycles. The first-order valence-corrected chi connectivity index (χ1v) is 10.6. The number of hydrogen-bond acceptors (Lipinski definition) is 5. The Morgan fingerprint density at radius 1 is 1.24 bits per heavy atom. The van der Waals surface area contributed by atoms with Crippen LogP contribution in [0.25, 0.3) is 10.4 Å². The van der Waals surface area contributed by atoms with Crippen LogP contribution in [0.15, 0.2) is 42.7 Å². The molecule has 1 aliphatic heterocycles. The molecule has 4 rings (SSSR count). The lowest BCUT2D eigenvalue weighted by molar-refractivity contribution is 0.134. The maximum atomic E-state index is 11.9. The van der Waals surface area contributed by atoms with E-state index in [4.69, 9.17) is 4.74 Å². The third kappa shape index (κ3) is 4.46. The molecule has 0 bridgehead atoms. The summed E-state index contributed by atoms with van der Waals surface area (Å²) in [7, 11) is 0. The second-order valence-corrected chi connectivity index (χ2v) is 8.09. The zero-order valence-electron chi connectivity index (χ0n) is 16.6. The molecule has 6 nitrogen and oxygen atoms in total. The summed E-state index contributed by atoms with van der Waals surface area (Å²) < 4.78 is 5.54. The molecule has 1 fully saturated rings. The number of aromatic nitrogens is 2. The number of thiazole rings is 1.